The van der Waals surface area contributed by atoms with Gasteiger partial charge in [-0.2, -0.15) is 0 Å². The molecule has 1 aromatic heterocycles. The van der Waals surface area contributed by atoms with E-state index in [1.54, 1.807) is 6.07 Å². The lowest BCUT2D eigenvalue weighted by Gasteiger charge is -2.31. The summed E-state index contributed by atoms with van der Waals surface area (Å²) in [5.74, 6) is -0.147. The zero-order chi connectivity index (χ0) is 19.2. The van der Waals surface area contributed by atoms with Gasteiger partial charge in [-0.15, -0.1) is 0 Å². The number of hydrogen-bond acceptors (Lipinski definition) is 4. The van der Waals surface area contributed by atoms with Crippen LogP contribution in [0.3, 0.4) is 0 Å². The molecule has 0 aliphatic heterocycles. The molecule has 0 atom stereocenters. The summed E-state index contributed by atoms with van der Waals surface area (Å²) >= 11 is 0. The summed E-state index contributed by atoms with van der Waals surface area (Å²) in [5, 5.41) is 3.48. The fourth-order valence-corrected chi connectivity index (χ4v) is 3.92. The number of aromatic nitrogens is 2. The van der Waals surface area contributed by atoms with Crippen LogP contribution in [0.1, 0.15) is 44.1 Å². The Morgan fingerprint density at radius 2 is 2.07 bits per heavy atom. The Kier molecular flexibility index (Phi) is 6.61. The zero-order valence-electron chi connectivity index (χ0n) is 16.4. The quantitative estimate of drug-likeness (QED) is 0.761. The Morgan fingerprint density at radius 3 is 2.85 bits per heavy atom. The Hall–Kier alpha value is -2.21. The molecule has 1 heterocycles. The molecule has 1 aliphatic carbocycles. The highest BCUT2D eigenvalue weighted by molar-refractivity contribution is 5.81. The molecule has 6 heteroatoms. The van der Waals surface area contributed by atoms with Crippen LogP contribution in [0.15, 0.2) is 29.3 Å². The lowest BCUT2D eigenvalue weighted by molar-refractivity contribution is -0.121. The molecule has 1 aliphatic rings. The molecule has 27 heavy (non-hydrogen) atoms. The number of nitrogens with zero attached hydrogens (tertiary/aromatic N) is 3. The molecular formula is C21H30N4O2. The number of hydrogen-bond donors (Lipinski definition) is 1. The predicted octanol–water partition coefficient (Wildman–Crippen LogP) is 2.48. The van der Waals surface area contributed by atoms with Gasteiger partial charge in [0.1, 0.15) is 6.54 Å². The number of aryl methyl sites for hydroxylation is 1. The summed E-state index contributed by atoms with van der Waals surface area (Å²) < 4.78 is 1.38. The Labute approximate surface area is 160 Å². The average Bonchev–Trinajstić information content (AvgIpc) is 2.68. The van der Waals surface area contributed by atoms with Gasteiger partial charge >= 0.3 is 0 Å². The first-order valence-electron chi connectivity index (χ1n) is 9.98. The summed E-state index contributed by atoms with van der Waals surface area (Å²) in [6.45, 7) is 3.55. The topological polar surface area (TPSA) is 67.2 Å². The molecular weight excluding hydrogens is 340 g/mol. The number of amides is 1. The van der Waals surface area contributed by atoms with E-state index >= 15 is 0 Å². The number of fused-ring (bicyclic) bond motifs is 1. The monoisotopic (exact) mass is 370 g/mol. The minimum Gasteiger partial charge on any atom is -0.354 e. The molecule has 146 valence electrons. The summed E-state index contributed by atoms with van der Waals surface area (Å²) in [6.07, 6.45) is 9.00. The molecule has 6 nitrogen and oxygen atoms in total. The van der Waals surface area contributed by atoms with Crippen LogP contribution < -0.4 is 10.9 Å². The minimum absolute atomic E-state index is 0.00811. The van der Waals surface area contributed by atoms with Crippen molar-refractivity contribution in [1.29, 1.82) is 0 Å². The van der Waals surface area contributed by atoms with Crippen LogP contribution in [0.25, 0.3) is 10.9 Å². The Morgan fingerprint density at radius 1 is 1.30 bits per heavy atom. The van der Waals surface area contributed by atoms with Crippen molar-refractivity contribution in [3.05, 3.63) is 40.4 Å². The van der Waals surface area contributed by atoms with Crippen LogP contribution in [0, 0.1) is 6.92 Å². The van der Waals surface area contributed by atoms with Gasteiger partial charge in [0.05, 0.1) is 17.2 Å². The molecule has 2 aromatic rings. The van der Waals surface area contributed by atoms with E-state index < -0.39 is 0 Å². The number of carbonyl (C=O) groups excluding carboxylic acids is 1. The SMILES string of the molecule is Cc1cccc2c(=O)n(CC(=O)NCCCN(C)C3CCCCC3)cnc12. The normalized spacial score (nSPS) is 15.4. The van der Waals surface area contributed by atoms with Gasteiger partial charge in [0.15, 0.2) is 0 Å². The van der Waals surface area contributed by atoms with Gasteiger partial charge in [0, 0.05) is 12.6 Å². The Balaban J connectivity index is 1.47. The van der Waals surface area contributed by atoms with E-state index in [2.05, 4.69) is 22.2 Å². The van der Waals surface area contributed by atoms with Crippen molar-refractivity contribution in [3.8, 4) is 0 Å². The van der Waals surface area contributed by atoms with Crippen LogP contribution in [0.2, 0.25) is 0 Å². The van der Waals surface area contributed by atoms with Crippen LogP contribution >= 0.6 is 0 Å². The van der Waals surface area contributed by atoms with Crippen molar-refractivity contribution in [1.82, 2.24) is 19.8 Å². The molecule has 1 N–H and O–H groups in total. The van der Waals surface area contributed by atoms with Crippen LogP contribution in [0.4, 0.5) is 0 Å². The predicted molar refractivity (Wildman–Crippen MR) is 108 cm³/mol. The fourth-order valence-electron chi connectivity index (χ4n) is 3.92. The highest BCUT2D eigenvalue weighted by Crippen LogP contribution is 2.21. The summed E-state index contributed by atoms with van der Waals surface area (Å²) in [7, 11) is 2.18. The molecule has 1 saturated carbocycles. The molecule has 0 bridgehead atoms. The first kappa shape index (κ1) is 19.5. The number of carbonyl (C=O) groups is 1. The minimum atomic E-state index is -0.170. The molecule has 0 saturated heterocycles. The summed E-state index contributed by atoms with van der Waals surface area (Å²) in [5.41, 5.74) is 1.49. The zero-order valence-corrected chi connectivity index (χ0v) is 16.4. The number of para-hydroxylation sites is 1. The molecule has 0 unspecified atom stereocenters. The van der Waals surface area contributed by atoms with E-state index in [0.717, 1.165) is 18.5 Å². The van der Waals surface area contributed by atoms with Gasteiger partial charge in [-0.3, -0.25) is 14.2 Å². The van der Waals surface area contributed by atoms with Crippen molar-refractivity contribution in [2.75, 3.05) is 20.1 Å². The van der Waals surface area contributed by atoms with E-state index in [9.17, 15) is 9.59 Å². The second-order valence-corrected chi connectivity index (χ2v) is 7.62. The van der Waals surface area contributed by atoms with Crippen molar-refractivity contribution < 1.29 is 4.79 Å². The van der Waals surface area contributed by atoms with Gasteiger partial charge in [-0.05, 0) is 51.4 Å². The molecule has 3 rings (SSSR count). The van der Waals surface area contributed by atoms with Gasteiger partial charge in [0.25, 0.3) is 5.56 Å². The third-order valence-corrected chi connectivity index (χ3v) is 5.58. The maximum Gasteiger partial charge on any atom is 0.261 e. The largest absolute Gasteiger partial charge is 0.354 e. The number of benzene rings is 1. The van der Waals surface area contributed by atoms with Crippen molar-refractivity contribution in [2.24, 2.45) is 0 Å². The summed E-state index contributed by atoms with van der Waals surface area (Å²) in [6, 6.07) is 6.22. The third kappa shape index (κ3) is 4.95. The standard InChI is InChI=1S/C21H30N4O2/c1-16-8-6-11-18-20(16)23-15-25(21(18)27)14-19(26)22-12-7-13-24(2)17-9-4-3-5-10-17/h6,8,11,15,17H,3-5,7,9-10,12-14H2,1-2H3,(H,22,26). The van der Waals surface area contributed by atoms with E-state index in [-0.39, 0.29) is 18.0 Å². The smallest absolute Gasteiger partial charge is 0.261 e. The highest BCUT2D eigenvalue weighted by Gasteiger charge is 2.17. The third-order valence-electron chi connectivity index (χ3n) is 5.58. The maximum atomic E-state index is 12.5. The maximum absolute atomic E-state index is 12.5. The van der Waals surface area contributed by atoms with Crippen molar-refractivity contribution >= 4 is 16.8 Å². The van der Waals surface area contributed by atoms with Crippen LogP contribution in [-0.4, -0.2) is 46.5 Å². The number of nitrogens with one attached hydrogen (secondary N) is 1. The second-order valence-electron chi connectivity index (χ2n) is 7.62. The summed E-state index contributed by atoms with van der Waals surface area (Å²) in [4.78, 5) is 31.5. The fraction of sp³-hybridized carbons (Fsp3) is 0.571. The molecule has 0 spiro atoms. The Bertz CT molecular complexity index is 840. The number of rotatable bonds is 7. The van der Waals surface area contributed by atoms with E-state index in [1.165, 1.54) is 43.0 Å². The van der Waals surface area contributed by atoms with Gasteiger partial charge in [0.2, 0.25) is 5.91 Å². The molecule has 1 aromatic carbocycles. The molecule has 1 fully saturated rings. The van der Waals surface area contributed by atoms with Gasteiger partial charge < -0.3 is 10.2 Å². The van der Waals surface area contributed by atoms with Crippen molar-refractivity contribution in [3.63, 3.8) is 0 Å². The van der Waals surface area contributed by atoms with Crippen LogP contribution in [0.5, 0.6) is 0 Å². The van der Waals surface area contributed by atoms with E-state index in [1.807, 2.05) is 19.1 Å². The van der Waals surface area contributed by atoms with E-state index in [0.29, 0.717) is 23.5 Å². The second kappa shape index (κ2) is 9.13. The molecule has 1 amide bonds. The van der Waals surface area contributed by atoms with Crippen LogP contribution in [-0.2, 0) is 11.3 Å². The highest BCUT2D eigenvalue weighted by atomic mass is 16.2. The van der Waals surface area contributed by atoms with Gasteiger partial charge in [-0.1, -0.05) is 31.4 Å². The van der Waals surface area contributed by atoms with Crippen molar-refractivity contribution in [2.45, 2.75) is 58.0 Å². The van der Waals surface area contributed by atoms with Gasteiger partial charge in [-0.25, -0.2) is 4.98 Å². The average molecular weight is 370 g/mol. The lowest BCUT2D eigenvalue weighted by atomic mass is 9.94. The molecule has 0 radical (unpaired) electrons. The first-order valence-corrected chi connectivity index (χ1v) is 9.98. The lowest BCUT2D eigenvalue weighted by Crippen LogP contribution is -2.37. The van der Waals surface area contributed by atoms with E-state index in [4.69, 9.17) is 0 Å². The first-order chi connectivity index (χ1) is 13.1.